The molecule has 0 unspecified atom stereocenters. The first kappa shape index (κ1) is 16.8. The van der Waals surface area contributed by atoms with E-state index in [-0.39, 0.29) is 31.0 Å². The molecule has 0 atom stereocenters. The highest BCUT2D eigenvalue weighted by Gasteiger charge is 2.14. The van der Waals surface area contributed by atoms with E-state index in [1.165, 1.54) is 12.8 Å². The van der Waals surface area contributed by atoms with Gasteiger partial charge in [-0.05, 0) is 13.3 Å². The van der Waals surface area contributed by atoms with Crippen LogP contribution in [0.4, 0.5) is 0 Å². The summed E-state index contributed by atoms with van der Waals surface area (Å²) >= 11 is 0. The summed E-state index contributed by atoms with van der Waals surface area (Å²) in [6, 6.07) is 0. The fourth-order valence-corrected chi connectivity index (χ4v) is 1.67. The number of unbranched alkanes of at least 4 members (excludes halogenated alkanes) is 4. The number of ketones is 2. The van der Waals surface area contributed by atoms with Crippen LogP contribution < -0.4 is 0 Å². The van der Waals surface area contributed by atoms with Crippen molar-refractivity contribution in [3.63, 3.8) is 0 Å². The zero-order valence-electron chi connectivity index (χ0n) is 11.5. The predicted molar refractivity (Wildman–Crippen MR) is 69.3 cm³/mol. The number of carbonyl (C=O) groups is 3. The maximum atomic E-state index is 11.5. The highest BCUT2D eigenvalue weighted by molar-refractivity contribution is 6.05. The second-order valence-corrected chi connectivity index (χ2v) is 4.40. The first-order valence-corrected chi connectivity index (χ1v) is 6.79. The van der Waals surface area contributed by atoms with Crippen molar-refractivity contribution >= 4 is 17.5 Å². The molecule has 4 nitrogen and oxygen atoms in total. The molecule has 0 heterocycles. The van der Waals surface area contributed by atoms with Gasteiger partial charge in [0.25, 0.3) is 0 Å². The molecule has 0 rings (SSSR count). The van der Waals surface area contributed by atoms with E-state index in [1.54, 1.807) is 6.92 Å². The summed E-state index contributed by atoms with van der Waals surface area (Å²) in [4.78, 5) is 33.8. The van der Waals surface area contributed by atoms with Crippen LogP contribution in [0, 0.1) is 0 Å². The molecule has 0 aromatic rings. The molecule has 0 saturated heterocycles. The Labute approximate surface area is 109 Å². The van der Waals surface area contributed by atoms with Crippen LogP contribution in [0.5, 0.6) is 0 Å². The third-order valence-corrected chi connectivity index (χ3v) is 2.60. The van der Waals surface area contributed by atoms with E-state index in [1.807, 2.05) is 0 Å². The number of esters is 1. The number of hydrogen-bond acceptors (Lipinski definition) is 4. The Kier molecular flexibility index (Phi) is 10.2. The molecule has 0 aromatic heterocycles. The van der Waals surface area contributed by atoms with Crippen molar-refractivity contribution in [3.05, 3.63) is 0 Å². The van der Waals surface area contributed by atoms with E-state index in [4.69, 9.17) is 0 Å². The number of hydrogen-bond donors (Lipinski definition) is 0. The van der Waals surface area contributed by atoms with Crippen LogP contribution >= 0.6 is 0 Å². The lowest BCUT2D eigenvalue weighted by atomic mass is 10.0. The molecule has 0 saturated carbocycles. The largest absolute Gasteiger partial charge is 0.466 e. The van der Waals surface area contributed by atoms with Gasteiger partial charge in [0.15, 0.2) is 5.78 Å². The second kappa shape index (κ2) is 10.9. The minimum absolute atomic E-state index is 0.0687. The molecule has 18 heavy (non-hydrogen) atoms. The second-order valence-electron chi connectivity index (χ2n) is 4.40. The number of Topliss-reactive ketones (excluding diaryl/α,β-unsaturated/α-hetero) is 2. The highest BCUT2D eigenvalue weighted by atomic mass is 16.5. The van der Waals surface area contributed by atoms with Crippen molar-refractivity contribution in [1.82, 2.24) is 0 Å². The van der Waals surface area contributed by atoms with Crippen LogP contribution in [0.25, 0.3) is 0 Å². The Morgan fingerprint density at radius 3 is 2.11 bits per heavy atom. The van der Waals surface area contributed by atoms with E-state index in [2.05, 4.69) is 11.7 Å². The first-order valence-electron chi connectivity index (χ1n) is 6.79. The van der Waals surface area contributed by atoms with Crippen LogP contribution in [0.1, 0.15) is 65.2 Å². The molecule has 0 amide bonds. The third-order valence-electron chi connectivity index (χ3n) is 2.60. The van der Waals surface area contributed by atoms with Gasteiger partial charge in [-0.3, -0.25) is 14.4 Å². The lowest BCUT2D eigenvalue weighted by molar-refractivity contribution is -0.145. The first-order chi connectivity index (χ1) is 8.60. The van der Waals surface area contributed by atoms with Crippen LogP contribution in [-0.4, -0.2) is 24.1 Å². The summed E-state index contributed by atoms with van der Waals surface area (Å²) in [5.41, 5.74) is 0. The van der Waals surface area contributed by atoms with Gasteiger partial charge >= 0.3 is 5.97 Å². The van der Waals surface area contributed by atoms with E-state index in [9.17, 15) is 14.4 Å². The molecule has 104 valence electrons. The zero-order chi connectivity index (χ0) is 13.8. The number of carbonyl (C=O) groups excluding carboxylic acids is 3. The van der Waals surface area contributed by atoms with Gasteiger partial charge in [-0.15, -0.1) is 0 Å². The molecule has 0 spiro atoms. The minimum Gasteiger partial charge on any atom is -0.466 e. The average Bonchev–Trinajstić information content (AvgIpc) is 2.28. The molecule has 4 heteroatoms. The van der Waals surface area contributed by atoms with Gasteiger partial charge in [-0.2, -0.15) is 0 Å². The monoisotopic (exact) mass is 256 g/mol. The van der Waals surface area contributed by atoms with Crippen molar-refractivity contribution in [1.29, 1.82) is 0 Å². The van der Waals surface area contributed by atoms with Gasteiger partial charge in [0.2, 0.25) is 0 Å². The maximum Gasteiger partial charge on any atom is 0.313 e. The predicted octanol–water partition coefficient (Wildman–Crippen LogP) is 2.83. The van der Waals surface area contributed by atoms with Crippen molar-refractivity contribution in [2.75, 3.05) is 6.61 Å². The average molecular weight is 256 g/mol. The fraction of sp³-hybridized carbons (Fsp3) is 0.786. The molecule has 0 fully saturated rings. The third kappa shape index (κ3) is 10.00. The Bertz CT molecular complexity index is 271. The normalized spacial score (nSPS) is 10.1. The van der Waals surface area contributed by atoms with E-state index >= 15 is 0 Å². The van der Waals surface area contributed by atoms with E-state index in [0.29, 0.717) is 6.42 Å². The van der Waals surface area contributed by atoms with Crippen LogP contribution in [0.2, 0.25) is 0 Å². The fourth-order valence-electron chi connectivity index (χ4n) is 1.67. The Morgan fingerprint density at radius 1 is 0.833 bits per heavy atom. The number of rotatable bonds is 11. The SMILES string of the molecule is CCCCCCCC(=O)CC(=O)CC(=O)OCC. The van der Waals surface area contributed by atoms with Gasteiger partial charge in [0.05, 0.1) is 13.0 Å². The molecule has 0 radical (unpaired) electrons. The Morgan fingerprint density at radius 2 is 1.50 bits per heavy atom. The molecule has 0 aliphatic rings. The van der Waals surface area contributed by atoms with Crippen LogP contribution in [0.3, 0.4) is 0 Å². The van der Waals surface area contributed by atoms with Crippen molar-refractivity contribution in [3.8, 4) is 0 Å². The molecular formula is C14H24O4. The summed E-state index contributed by atoms with van der Waals surface area (Å²) in [5, 5.41) is 0. The van der Waals surface area contributed by atoms with Crippen molar-refractivity contribution < 1.29 is 19.1 Å². The summed E-state index contributed by atoms with van der Waals surface area (Å²) in [6.45, 7) is 4.08. The van der Waals surface area contributed by atoms with Gasteiger partial charge in [0.1, 0.15) is 12.2 Å². The summed E-state index contributed by atoms with van der Waals surface area (Å²) in [7, 11) is 0. The molecule has 0 N–H and O–H groups in total. The summed E-state index contributed by atoms with van der Waals surface area (Å²) in [6.07, 6.45) is 5.40. The smallest absolute Gasteiger partial charge is 0.313 e. The Hall–Kier alpha value is -1.19. The topological polar surface area (TPSA) is 60.4 Å². The molecule has 0 aliphatic heterocycles. The van der Waals surface area contributed by atoms with Gasteiger partial charge in [0, 0.05) is 6.42 Å². The van der Waals surface area contributed by atoms with Gasteiger partial charge in [-0.25, -0.2) is 0 Å². The standard InChI is InChI=1S/C14H24O4/c1-3-5-6-7-8-9-12(15)10-13(16)11-14(17)18-4-2/h3-11H2,1-2H3. The minimum atomic E-state index is -0.543. The molecule has 0 bridgehead atoms. The zero-order valence-corrected chi connectivity index (χ0v) is 11.5. The summed E-state index contributed by atoms with van der Waals surface area (Å²) in [5.74, 6) is -0.953. The van der Waals surface area contributed by atoms with Crippen molar-refractivity contribution in [2.24, 2.45) is 0 Å². The van der Waals surface area contributed by atoms with E-state index in [0.717, 1.165) is 19.3 Å². The summed E-state index contributed by atoms with van der Waals surface area (Å²) < 4.78 is 4.65. The van der Waals surface area contributed by atoms with Crippen molar-refractivity contribution in [2.45, 2.75) is 65.2 Å². The number of ether oxygens (including phenoxy) is 1. The lowest BCUT2D eigenvalue weighted by Crippen LogP contribution is -2.14. The quantitative estimate of drug-likeness (QED) is 0.324. The van der Waals surface area contributed by atoms with Gasteiger partial charge in [-0.1, -0.05) is 32.6 Å². The van der Waals surface area contributed by atoms with Crippen LogP contribution in [-0.2, 0) is 19.1 Å². The highest BCUT2D eigenvalue weighted by Crippen LogP contribution is 2.07. The lowest BCUT2D eigenvalue weighted by Gasteiger charge is -2.02. The maximum absolute atomic E-state index is 11.5. The van der Waals surface area contributed by atoms with Gasteiger partial charge < -0.3 is 4.74 Å². The van der Waals surface area contributed by atoms with E-state index < -0.39 is 5.97 Å². The molecular weight excluding hydrogens is 232 g/mol. The molecule has 0 aliphatic carbocycles. The molecule has 0 aromatic carbocycles. The Balaban J connectivity index is 3.61. The van der Waals surface area contributed by atoms with Crippen LogP contribution in [0.15, 0.2) is 0 Å².